The van der Waals surface area contributed by atoms with Crippen LogP contribution in [-0.2, 0) is 22.4 Å². The lowest BCUT2D eigenvalue weighted by Gasteiger charge is -2.11. The molecular weight excluding hydrogens is 442 g/mol. The minimum absolute atomic E-state index is 0.0101. The number of nitrogens with one attached hydrogen (secondary N) is 2. The van der Waals surface area contributed by atoms with Crippen molar-refractivity contribution in [2.45, 2.75) is 19.3 Å². The summed E-state index contributed by atoms with van der Waals surface area (Å²) in [5.74, 6) is 2.17. The first-order chi connectivity index (χ1) is 16.9. The summed E-state index contributed by atoms with van der Waals surface area (Å²) in [4.78, 5) is 26.4. The highest BCUT2D eigenvalue weighted by atomic mass is 16.5. The van der Waals surface area contributed by atoms with Crippen LogP contribution < -0.4 is 20.1 Å². The van der Waals surface area contributed by atoms with Crippen LogP contribution >= 0.6 is 0 Å². The number of hydrogen-bond acceptors (Lipinski definition) is 5. The summed E-state index contributed by atoms with van der Waals surface area (Å²) in [5.41, 5.74) is 2.68. The second-order valence-electron chi connectivity index (χ2n) is 8.50. The summed E-state index contributed by atoms with van der Waals surface area (Å²) in [5, 5.41) is 5.81. The van der Waals surface area contributed by atoms with Crippen molar-refractivity contribution >= 4 is 17.5 Å². The first-order valence-corrected chi connectivity index (χ1v) is 11.6. The van der Waals surface area contributed by atoms with Crippen molar-refractivity contribution in [1.82, 2.24) is 10.2 Å². The molecule has 0 spiro atoms. The molecule has 184 valence electrons. The van der Waals surface area contributed by atoms with Crippen LogP contribution in [0.2, 0.25) is 0 Å². The van der Waals surface area contributed by atoms with Crippen molar-refractivity contribution in [3.05, 3.63) is 83.9 Å². The first kappa shape index (κ1) is 25.8. The van der Waals surface area contributed by atoms with Gasteiger partial charge in [-0.3, -0.25) is 9.59 Å². The van der Waals surface area contributed by atoms with Crippen LogP contribution in [0.15, 0.2) is 72.8 Å². The SMILES string of the molecule is COc1ccc(Oc2ccc(CCC(=O)Nc3ccc(CC(=O)NCCN(C)C)cc3)cc2)cc1. The third-order valence-corrected chi connectivity index (χ3v) is 5.34. The van der Waals surface area contributed by atoms with Crippen molar-refractivity contribution < 1.29 is 19.1 Å². The molecule has 0 radical (unpaired) electrons. The quantitative estimate of drug-likeness (QED) is 0.409. The van der Waals surface area contributed by atoms with Crippen molar-refractivity contribution in [3.8, 4) is 17.2 Å². The molecule has 0 bridgehead atoms. The van der Waals surface area contributed by atoms with Gasteiger partial charge in [0.25, 0.3) is 0 Å². The zero-order valence-electron chi connectivity index (χ0n) is 20.5. The van der Waals surface area contributed by atoms with E-state index >= 15 is 0 Å². The fourth-order valence-corrected chi connectivity index (χ4v) is 3.36. The van der Waals surface area contributed by atoms with E-state index in [1.165, 1.54) is 0 Å². The second kappa shape index (κ2) is 13.2. The van der Waals surface area contributed by atoms with E-state index in [-0.39, 0.29) is 11.8 Å². The van der Waals surface area contributed by atoms with Gasteiger partial charge in [-0.05, 0) is 80.2 Å². The molecular formula is C28H33N3O4. The number of benzene rings is 3. The molecule has 0 unspecified atom stereocenters. The predicted octanol–water partition coefficient (Wildman–Crippen LogP) is 4.28. The van der Waals surface area contributed by atoms with E-state index in [1.807, 2.05) is 91.8 Å². The molecule has 7 nitrogen and oxygen atoms in total. The molecule has 0 aromatic heterocycles. The maximum atomic E-state index is 12.4. The van der Waals surface area contributed by atoms with Crippen molar-refractivity contribution in [1.29, 1.82) is 0 Å². The van der Waals surface area contributed by atoms with Gasteiger partial charge < -0.3 is 25.0 Å². The van der Waals surface area contributed by atoms with Gasteiger partial charge in [-0.15, -0.1) is 0 Å². The van der Waals surface area contributed by atoms with E-state index < -0.39 is 0 Å². The number of likely N-dealkylation sites (N-methyl/N-ethyl adjacent to an activating group) is 1. The molecule has 0 aliphatic heterocycles. The lowest BCUT2D eigenvalue weighted by Crippen LogP contribution is -2.32. The zero-order valence-corrected chi connectivity index (χ0v) is 20.5. The lowest BCUT2D eigenvalue weighted by molar-refractivity contribution is -0.120. The van der Waals surface area contributed by atoms with Crippen LogP contribution in [0.1, 0.15) is 17.5 Å². The Labute approximate surface area is 207 Å². The van der Waals surface area contributed by atoms with Gasteiger partial charge in [-0.2, -0.15) is 0 Å². The average molecular weight is 476 g/mol. The smallest absolute Gasteiger partial charge is 0.224 e. The van der Waals surface area contributed by atoms with Crippen molar-refractivity contribution in [2.24, 2.45) is 0 Å². The molecule has 0 heterocycles. The number of nitrogens with zero attached hydrogens (tertiary/aromatic N) is 1. The molecule has 2 amide bonds. The minimum Gasteiger partial charge on any atom is -0.497 e. The number of hydrogen-bond donors (Lipinski definition) is 2. The summed E-state index contributed by atoms with van der Waals surface area (Å²) in [6.45, 7) is 1.43. The lowest BCUT2D eigenvalue weighted by atomic mass is 10.1. The van der Waals surface area contributed by atoms with Gasteiger partial charge in [-0.1, -0.05) is 24.3 Å². The zero-order chi connectivity index (χ0) is 25.0. The third-order valence-electron chi connectivity index (χ3n) is 5.34. The van der Waals surface area contributed by atoms with E-state index in [0.29, 0.717) is 25.8 Å². The summed E-state index contributed by atoms with van der Waals surface area (Å²) in [6, 6.07) is 22.5. The van der Waals surface area contributed by atoms with Gasteiger partial charge in [0.05, 0.1) is 13.5 Å². The average Bonchev–Trinajstić information content (AvgIpc) is 2.85. The highest BCUT2D eigenvalue weighted by Crippen LogP contribution is 2.24. The molecule has 7 heteroatoms. The van der Waals surface area contributed by atoms with E-state index in [9.17, 15) is 9.59 Å². The van der Waals surface area contributed by atoms with Crippen LogP contribution in [0.5, 0.6) is 17.2 Å². The van der Waals surface area contributed by atoms with E-state index in [2.05, 4.69) is 10.6 Å². The van der Waals surface area contributed by atoms with E-state index in [0.717, 1.165) is 40.6 Å². The van der Waals surface area contributed by atoms with Crippen molar-refractivity contribution in [2.75, 3.05) is 39.6 Å². The maximum Gasteiger partial charge on any atom is 0.224 e. The summed E-state index contributed by atoms with van der Waals surface area (Å²) < 4.78 is 11.0. The predicted molar refractivity (Wildman–Crippen MR) is 138 cm³/mol. The molecule has 0 aliphatic rings. The summed E-state index contributed by atoms with van der Waals surface area (Å²) in [7, 11) is 5.56. The van der Waals surface area contributed by atoms with E-state index in [4.69, 9.17) is 9.47 Å². The summed E-state index contributed by atoms with van der Waals surface area (Å²) >= 11 is 0. The third kappa shape index (κ3) is 9.14. The molecule has 3 aromatic rings. The molecule has 0 saturated heterocycles. The van der Waals surface area contributed by atoms with Gasteiger partial charge in [0, 0.05) is 25.2 Å². The van der Waals surface area contributed by atoms with Crippen molar-refractivity contribution in [3.63, 3.8) is 0 Å². The number of carbonyl (C=O) groups excluding carboxylic acids is 2. The fourth-order valence-electron chi connectivity index (χ4n) is 3.36. The highest BCUT2D eigenvalue weighted by molar-refractivity contribution is 5.90. The van der Waals surface area contributed by atoms with Gasteiger partial charge in [-0.25, -0.2) is 0 Å². The van der Waals surface area contributed by atoms with Crippen LogP contribution in [-0.4, -0.2) is 51.0 Å². The Morgan fingerprint density at radius 1 is 0.771 bits per heavy atom. The normalized spacial score (nSPS) is 10.6. The van der Waals surface area contributed by atoms with Gasteiger partial charge in [0.15, 0.2) is 0 Å². The number of rotatable bonds is 12. The van der Waals surface area contributed by atoms with Crippen LogP contribution in [0, 0.1) is 0 Å². The Morgan fingerprint density at radius 3 is 1.94 bits per heavy atom. The largest absolute Gasteiger partial charge is 0.497 e. The van der Waals surface area contributed by atoms with Gasteiger partial charge >= 0.3 is 0 Å². The molecule has 35 heavy (non-hydrogen) atoms. The number of carbonyl (C=O) groups is 2. The Morgan fingerprint density at radius 2 is 1.34 bits per heavy atom. The standard InChI is InChI=1S/C28H33N3O4/c1-31(2)19-18-29-28(33)20-22-4-9-23(10-5-22)30-27(32)17-8-21-6-11-25(12-7-21)35-26-15-13-24(34-3)14-16-26/h4-7,9-16H,8,17-20H2,1-3H3,(H,29,33)(H,30,32). The number of amides is 2. The molecule has 0 fully saturated rings. The van der Waals surface area contributed by atoms with Crippen LogP contribution in [0.25, 0.3) is 0 Å². The van der Waals surface area contributed by atoms with E-state index in [1.54, 1.807) is 7.11 Å². The molecule has 0 aliphatic carbocycles. The second-order valence-corrected chi connectivity index (χ2v) is 8.50. The number of anilines is 1. The topological polar surface area (TPSA) is 79.9 Å². The van der Waals surface area contributed by atoms with Gasteiger partial charge in [0.2, 0.25) is 11.8 Å². The molecule has 3 aromatic carbocycles. The first-order valence-electron chi connectivity index (χ1n) is 11.6. The number of methoxy groups -OCH3 is 1. The van der Waals surface area contributed by atoms with Crippen LogP contribution in [0.4, 0.5) is 5.69 Å². The number of aryl methyl sites for hydroxylation is 1. The Kier molecular flexibility index (Phi) is 9.69. The Balaban J connectivity index is 1.40. The molecule has 0 saturated carbocycles. The Hall–Kier alpha value is -3.84. The molecule has 2 N–H and O–H groups in total. The monoisotopic (exact) mass is 475 g/mol. The fraction of sp³-hybridized carbons (Fsp3) is 0.286. The molecule has 0 atom stereocenters. The molecule has 3 rings (SSSR count). The highest BCUT2D eigenvalue weighted by Gasteiger charge is 2.07. The summed E-state index contributed by atoms with van der Waals surface area (Å²) in [6.07, 6.45) is 1.31. The Bertz CT molecular complexity index is 1080. The van der Waals surface area contributed by atoms with Crippen LogP contribution in [0.3, 0.4) is 0 Å². The van der Waals surface area contributed by atoms with Gasteiger partial charge in [0.1, 0.15) is 17.2 Å². The maximum absolute atomic E-state index is 12.4. The minimum atomic E-state index is -0.0577. The number of ether oxygens (including phenoxy) is 2.